The molecular formula is C8H14N2O2. The molecule has 4 nitrogen and oxygen atoms in total. The summed E-state index contributed by atoms with van der Waals surface area (Å²) in [7, 11) is 1.35. The Morgan fingerprint density at radius 2 is 2.42 bits per heavy atom. The highest BCUT2D eigenvalue weighted by Crippen LogP contribution is 1.89. The summed E-state index contributed by atoms with van der Waals surface area (Å²) in [5.74, 6) is -0.254. The number of methoxy groups -OCH3 is 1. The van der Waals surface area contributed by atoms with E-state index in [0.29, 0.717) is 13.0 Å². The van der Waals surface area contributed by atoms with E-state index < -0.39 is 0 Å². The summed E-state index contributed by atoms with van der Waals surface area (Å²) in [6.45, 7) is 2.41. The van der Waals surface area contributed by atoms with Crippen molar-refractivity contribution in [3.05, 3.63) is 0 Å². The van der Waals surface area contributed by atoms with Crippen molar-refractivity contribution in [2.24, 2.45) is 0 Å². The van der Waals surface area contributed by atoms with Gasteiger partial charge in [-0.1, -0.05) is 6.92 Å². The topological polar surface area (TPSA) is 62.1 Å². The third-order valence-corrected chi connectivity index (χ3v) is 1.51. The fourth-order valence-electron chi connectivity index (χ4n) is 0.732. The minimum Gasteiger partial charge on any atom is -0.469 e. The maximum Gasteiger partial charge on any atom is 0.306 e. The summed E-state index contributed by atoms with van der Waals surface area (Å²) in [6, 6.07) is 1.92. The van der Waals surface area contributed by atoms with Crippen molar-refractivity contribution >= 4 is 5.97 Å². The number of nitrogens with zero attached hydrogens (tertiary/aromatic N) is 1. The Balaban J connectivity index is 3.43. The monoisotopic (exact) mass is 170 g/mol. The number of carbonyl (C=O) groups excluding carboxylic acids is 1. The van der Waals surface area contributed by atoms with Gasteiger partial charge in [0.1, 0.15) is 0 Å². The molecule has 1 unspecified atom stereocenters. The van der Waals surface area contributed by atoms with Gasteiger partial charge < -0.3 is 10.1 Å². The molecule has 12 heavy (non-hydrogen) atoms. The second-order valence-electron chi connectivity index (χ2n) is 2.37. The Morgan fingerprint density at radius 3 is 2.83 bits per heavy atom. The van der Waals surface area contributed by atoms with E-state index in [4.69, 9.17) is 5.26 Å². The predicted octanol–water partition coefficient (Wildman–Crippen LogP) is 0.441. The second kappa shape index (κ2) is 6.62. The van der Waals surface area contributed by atoms with Gasteiger partial charge in [-0.3, -0.25) is 4.79 Å². The van der Waals surface area contributed by atoms with Gasteiger partial charge >= 0.3 is 5.97 Å². The molecule has 0 aliphatic heterocycles. The number of nitriles is 1. The van der Waals surface area contributed by atoms with Crippen LogP contribution < -0.4 is 5.32 Å². The maximum atomic E-state index is 10.6. The first kappa shape index (κ1) is 10.9. The Kier molecular flexibility index (Phi) is 6.02. The van der Waals surface area contributed by atoms with Crippen molar-refractivity contribution in [2.75, 3.05) is 13.7 Å². The zero-order valence-electron chi connectivity index (χ0n) is 7.46. The molecule has 0 rings (SSSR count). The normalized spacial score (nSPS) is 11.8. The molecule has 0 bridgehead atoms. The third-order valence-electron chi connectivity index (χ3n) is 1.51. The molecule has 68 valence electrons. The van der Waals surface area contributed by atoms with E-state index in [0.717, 1.165) is 6.42 Å². The second-order valence-corrected chi connectivity index (χ2v) is 2.37. The van der Waals surface area contributed by atoms with Gasteiger partial charge in [-0.25, -0.2) is 0 Å². The van der Waals surface area contributed by atoms with E-state index in [1.165, 1.54) is 7.11 Å². The molecular weight excluding hydrogens is 156 g/mol. The SMILES string of the molecule is CCC(C#N)NCCC(=O)OC. The molecule has 0 aromatic carbocycles. The zero-order chi connectivity index (χ0) is 9.40. The number of rotatable bonds is 5. The van der Waals surface area contributed by atoms with Gasteiger partial charge in [0.05, 0.1) is 25.6 Å². The van der Waals surface area contributed by atoms with Crippen LogP contribution in [0.15, 0.2) is 0 Å². The maximum absolute atomic E-state index is 10.6. The smallest absolute Gasteiger partial charge is 0.306 e. The van der Waals surface area contributed by atoms with Crippen LogP contribution in [0.2, 0.25) is 0 Å². The molecule has 0 heterocycles. The predicted molar refractivity (Wildman–Crippen MR) is 44.3 cm³/mol. The lowest BCUT2D eigenvalue weighted by Crippen LogP contribution is -2.29. The fraction of sp³-hybridized carbons (Fsp3) is 0.750. The van der Waals surface area contributed by atoms with Crippen molar-refractivity contribution in [3.63, 3.8) is 0 Å². The molecule has 0 aromatic rings. The first-order chi connectivity index (χ1) is 5.74. The van der Waals surface area contributed by atoms with Gasteiger partial charge in [-0.15, -0.1) is 0 Å². The fourth-order valence-corrected chi connectivity index (χ4v) is 0.732. The summed E-state index contributed by atoms with van der Waals surface area (Å²) >= 11 is 0. The number of hydrogen-bond donors (Lipinski definition) is 1. The highest BCUT2D eigenvalue weighted by atomic mass is 16.5. The van der Waals surface area contributed by atoms with E-state index in [-0.39, 0.29) is 12.0 Å². The van der Waals surface area contributed by atoms with Gasteiger partial charge in [0.2, 0.25) is 0 Å². The van der Waals surface area contributed by atoms with Crippen molar-refractivity contribution in [1.29, 1.82) is 5.26 Å². The molecule has 0 aliphatic carbocycles. The number of hydrogen-bond acceptors (Lipinski definition) is 4. The minimum atomic E-state index is -0.254. The molecule has 4 heteroatoms. The van der Waals surface area contributed by atoms with E-state index >= 15 is 0 Å². The van der Waals surface area contributed by atoms with Gasteiger partial charge in [0.15, 0.2) is 0 Å². The van der Waals surface area contributed by atoms with Crippen LogP contribution in [0.4, 0.5) is 0 Å². The molecule has 0 saturated carbocycles. The molecule has 0 amide bonds. The lowest BCUT2D eigenvalue weighted by Gasteiger charge is -2.06. The lowest BCUT2D eigenvalue weighted by molar-refractivity contribution is -0.140. The average molecular weight is 170 g/mol. The van der Waals surface area contributed by atoms with Crippen LogP contribution in [-0.4, -0.2) is 25.7 Å². The molecule has 0 aromatic heterocycles. The van der Waals surface area contributed by atoms with E-state index in [1.54, 1.807) is 0 Å². The standard InChI is InChI=1S/C8H14N2O2/c1-3-7(6-9)10-5-4-8(11)12-2/h7,10H,3-5H2,1-2H3. The number of nitrogens with one attached hydrogen (secondary N) is 1. The van der Waals surface area contributed by atoms with Crippen molar-refractivity contribution in [3.8, 4) is 6.07 Å². The molecule has 0 saturated heterocycles. The average Bonchev–Trinajstić information content (AvgIpc) is 2.12. The van der Waals surface area contributed by atoms with Crippen molar-refractivity contribution < 1.29 is 9.53 Å². The molecule has 0 radical (unpaired) electrons. The zero-order valence-corrected chi connectivity index (χ0v) is 7.46. The Morgan fingerprint density at radius 1 is 1.75 bits per heavy atom. The molecule has 1 atom stereocenters. The van der Waals surface area contributed by atoms with E-state index in [2.05, 4.69) is 16.1 Å². The van der Waals surface area contributed by atoms with Crippen LogP contribution in [-0.2, 0) is 9.53 Å². The van der Waals surface area contributed by atoms with Gasteiger partial charge in [-0.2, -0.15) is 5.26 Å². The van der Waals surface area contributed by atoms with Gasteiger partial charge in [0.25, 0.3) is 0 Å². The number of esters is 1. The van der Waals surface area contributed by atoms with E-state index in [9.17, 15) is 4.79 Å². The summed E-state index contributed by atoms with van der Waals surface area (Å²) in [6.07, 6.45) is 1.06. The summed E-state index contributed by atoms with van der Waals surface area (Å²) in [4.78, 5) is 10.6. The highest BCUT2D eigenvalue weighted by Gasteiger charge is 2.04. The van der Waals surface area contributed by atoms with Gasteiger partial charge in [0, 0.05) is 6.54 Å². The van der Waals surface area contributed by atoms with Crippen LogP contribution >= 0.6 is 0 Å². The summed E-state index contributed by atoms with van der Waals surface area (Å²) in [5.41, 5.74) is 0. The quantitative estimate of drug-likeness (QED) is 0.608. The first-order valence-corrected chi connectivity index (χ1v) is 3.94. The first-order valence-electron chi connectivity index (χ1n) is 3.94. The number of ether oxygens (including phenoxy) is 1. The Hall–Kier alpha value is -1.08. The van der Waals surface area contributed by atoms with Crippen molar-refractivity contribution in [2.45, 2.75) is 25.8 Å². The van der Waals surface area contributed by atoms with Crippen molar-refractivity contribution in [1.82, 2.24) is 5.32 Å². The summed E-state index contributed by atoms with van der Waals surface area (Å²) in [5, 5.41) is 11.4. The molecule has 1 N–H and O–H groups in total. The van der Waals surface area contributed by atoms with Crippen LogP contribution in [0.5, 0.6) is 0 Å². The summed E-state index contributed by atoms with van der Waals surface area (Å²) < 4.78 is 4.44. The van der Waals surface area contributed by atoms with Crippen LogP contribution in [0.1, 0.15) is 19.8 Å². The van der Waals surface area contributed by atoms with E-state index in [1.807, 2.05) is 6.92 Å². The minimum absolute atomic E-state index is 0.158. The lowest BCUT2D eigenvalue weighted by atomic mass is 10.2. The van der Waals surface area contributed by atoms with Crippen LogP contribution in [0, 0.1) is 11.3 Å². The molecule has 0 aliphatic rings. The largest absolute Gasteiger partial charge is 0.469 e. The number of carbonyl (C=O) groups is 1. The highest BCUT2D eigenvalue weighted by molar-refractivity contribution is 5.69. The molecule has 0 fully saturated rings. The van der Waals surface area contributed by atoms with Crippen LogP contribution in [0.25, 0.3) is 0 Å². The van der Waals surface area contributed by atoms with Crippen LogP contribution in [0.3, 0.4) is 0 Å². The van der Waals surface area contributed by atoms with Gasteiger partial charge in [-0.05, 0) is 6.42 Å². The Labute approximate surface area is 72.5 Å². The Bertz CT molecular complexity index is 174. The third kappa shape index (κ3) is 4.69. The molecule has 0 spiro atoms.